The molecule has 1 amide bonds. The molecule has 0 radical (unpaired) electrons. The maximum absolute atomic E-state index is 12.7. The van der Waals surface area contributed by atoms with Crippen LogP contribution in [0.4, 0.5) is 5.69 Å². The average Bonchev–Trinajstić information content (AvgIpc) is 2.80. The molecule has 0 bridgehead atoms. The lowest BCUT2D eigenvalue weighted by Crippen LogP contribution is -2.14. The maximum atomic E-state index is 12.7. The molecule has 160 valence electrons. The quantitative estimate of drug-likeness (QED) is 0.236. The van der Waals surface area contributed by atoms with Gasteiger partial charge < -0.3 is 14.8 Å². The fraction of sp³-hybridized carbons (Fsp3) is 0.0800. The number of nitrogens with one attached hydrogen (secondary N) is 1. The largest absolute Gasteiger partial charge is 0.493 e. The van der Waals surface area contributed by atoms with Crippen LogP contribution in [0.25, 0.3) is 6.08 Å². The van der Waals surface area contributed by atoms with Gasteiger partial charge in [0.25, 0.3) is 5.91 Å². The molecule has 0 saturated heterocycles. The first-order valence-corrected chi connectivity index (χ1v) is 9.94. The molecular weight excluding hydrogens is 428 g/mol. The molecule has 3 rings (SSSR count). The summed E-state index contributed by atoms with van der Waals surface area (Å²) in [6.07, 6.45) is 1.39. The van der Waals surface area contributed by atoms with Crippen LogP contribution in [0.3, 0.4) is 0 Å². The Bertz CT molecular complexity index is 1210. The SMILES string of the molecule is COc1ccc(/C=C(\C#N)C(=O)Nc2c(C)cccc2Cl)cc1OC(=O)c1ccccc1. The Morgan fingerprint density at radius 3 is 2.44 bits per heavy atom. The molecule has 0 aliphatic carbocycles. The number of nitrogens with zero attached hydrogens (tertiary/aromatic N) is 1. The monoisotopic (exact) mass is 446 g/mol. The highest BCUT2D eigenvalue weighted by atomic mass is 35.5. The van der Waals surface area contributed by atoms with Crippen molar-refractivity contribution in [2.75, 3.05) is 12.4 Å². The molecule has 3 aromatic carbocycles. The van der Waals surface area contributed by atoms with Gasteiger partial charge in [0.2, 0.25) is 0 Å². The second-order valence-corrected chi connectivity index (χ2v) is 7.13. The van der Waals surface area contributed by atoms with Crippen LogP contribution in [0, 0.1) is 18.3 Å². The van der Waals surface area contributed by atoms with E-state index in [2.05, 4.69) is 5.32 Å². The van der Waals surface area contributed by atoms with E-state index in [0.717, 1.165) is 5.56 Å². The first-order valence-electron chi connectivity index (χ1n) is 9.56. The summed E-state index contributed by atoms with van der Waals surface area (Å²) in [7, 11) is 1.45. The van der Waals surface area contributed by atoms with Gasteiger partial charge in [-0.1, -0.05) is 48.0 Å². The minimum Gasteiger partial charge on any atom is -0.493 e. The zero-order valence-corrected chi connectivity index (χ0v) is 18.1. The number of esters is 1. The van der Waals surface area contributed by atoms with Crippen LogP contribution in [-0.2, 0) is 4.79 Å². The van der Waals surface area contributed by atoms with Gasteiger partial charge in [-0.05, 0) is 54.5 Å². The van der Waals surface area contributed by atoms with Crippen molar-refractivity contribution in [2.45, 2.75) is 6.92 Å². The summed E-state index contributed by atoms with van der Waals surface area (Å²) < 4.78 is 10.7. The minimum absolute atomic E-state index is 0.144. The van der Waals surface area contributed by atoms with Gasteiger partial charge in [0.15, 0.2) is 11.5 Å². The van der Waals surface area contributed by atoms with E-state index >= 15 is 0 Å². The summed E-state index contributed by atoms with van der Waals surface area (Å²) in [4.78, 5) is 25.1. The van der Waals surface area contributed by atoms with Crippen LogP contribution in [0.15, 0.2) is 72.3 Å². The molecule has 0 aromatic heterocycles. The molecule has 0 aliphatic rings. The molecule has 0 atom stereocenters. The third kappa shape index (κ3) is 5.34. The van der Waals surface area contributed by atoms with Crippen molar-refractivity contribution < 1.29 is 19.1 Å². The molecular formula is C25H19ClN2O4. The Kier molecular flexibility index (Phi) is 7.27. The van der Waals surface area contributed by atoms with Crippen molar-refractivity contribution in [2.24, 2.45) is 0 Å². The molecule has 7 heteroatoms. The van der Waals surface area contributed by atoms with E-state index in [1.165, 1.54) is 19.3 Å². The number of carbonyl (C=O) groups is 2. The predicted octanol–water partition coefficient (Wildman–Crippen LogP) is 5.42. The molecule has 0 aliphatic heterocycles. The zero-order valence-electron chi connectivity index (χ0n) is 17.4. The second kappa shape index (κ2) is 10.3. The molecule has 0 saturated carbocycles. The zero-order chi connectivity index (χ0) is 23.1. The molecule has 0 spiro atoms. The van der Waals surface area contributed by atoms with Crippen LogP contribution < -0.4 is 14.8 Å². The van der Waals surface area contributed by atoms with Gasteiger partial charge in [0.1, 0.15) is 11.6 Å². The van der Waals surface area contributed by atoms with Gasteiger partial charge in [0.05, 0.1) is 23.4 Å². The van der Waals surface area contributed by atoms with Crippen molar-refractivity contribution in [1.29, 1.82) is 5.26 Å². The van der Waals surface area contributed by atoms with Crippen LogP contribution in [0.5, 0.6) is 11.5 Å². The fourth-order valence-corrected chi connectivity index (χ4v) is 3.15. The lowest BCUT2D eigenvalue weighted by Gasteiger charge is -2.11. The van der Waals surface area contributed by atoms with Crippen molar-refractivity contribution in [1.82, 2.24) is 0 Å². The summed E-state index contributed by atoms with van der Waals surface area (Å²) in [5.41, 5.74) is 1.91. The van der Waals surface area contributed by atoms with E-state index in [-0.39, 0.29) is 11.3 Å². The summed E-state index contributed by atoms with van der Waals surface area (Å²) in [6, 6.07) is 20.4. The Morgan fingerprint density at radius 2 is 1.78 bits per heavy atom. The number of rotatable bonds is 6. The smallest absolute Gasteiger partial charge is 0.343 e. The lowest BCUT2D eigenvalue weighted by atomic mass is 10.1. The number of hydrogen-bond acceptors (Lipinski definition) is 5. The first-order chi connectivity index (χ1) is 15.4. The highest BCUT2D eigenvalue weighted by molar-refractivity contribution is 6.34. The number of methoxy groups -OCH3 is 1. The number of aryl methyl sites for hydroxylation is 1. The fourth-order valence-electron chi connectivity index (χ4n) is 2.88. The van der Waals surface area contributed by atoms with Gasteiger partial charge >= 0.3 is 5.97 Å². The third-order valence-electron chi connectivity index (χ3n) is 4.54. The molecule has 3 aromatic rings. The Balaban J connectivity index is 1.87. The average molecular weight is 447 g/mol. The van der Waals surface area contributed by atoms with Crippen molar-refractivity contribution in [3.8, 4) is 17.6 Å². The number of amides is 1. The number of anilines is 1. The van der Waals surface area contributed by atoms with Crippen LogP contribution in [-0.4, -0.2) is 19.0 Å². The second-order valence-electron chi connectivity index (χ2n) is 6.72. The number of carbonyl (C=O) groups excluding carboxylic acids is 2. The number of halogens is 1. The Labute approximate surface area is 190 Å². The number of ether oxygens (including phenoxy) is 2. The normalized spacial score (nSPS) is 10.8. The molecule has 0 fully saturated rings. The Morgan fingerprint density at radius 1 is 1.03 bits per heavy atom. The summed E-state index contributed by atoms with van der Waals surface area (Å²) >= 11 is 6.16. The van der Waals surface area contributed by atoms with Gasteiger partial charge in [-0.3, -0.25) is 4.79 Å². The molecule has 6 nitrogen and oxygen atoms in total. The van der Waals surface area contributed by atoms with Crippen molar-refractivity contribution in [3.05, 3.63) is 94.0 Å². The first kappa shape index (κ1) is 22.6. The van der Waals surface area contributed by atoms with Crippen molar-refractivity contribution >= 4 is 35.2 Å². The van der Waals surface area contributed by atoms with Crippen molar-refractivity contribution in [3.63, 3.8) is 0 Å². The molecule has 0 unspecified atom stereocenters. The van der Waals surface area contributed by atoms with Gasteiger partial charge in [-0.2, -0.15) is 5.26 Å². The van der Waals surface area contributed by atoms with Gasteiger partial charge in [-0.15, -0.1) is 0 Å². The number of para-hydroxylation sites is 1. The maximum Gasteiger partial charge on any atom is 0.343 e. The number of nitriles is 1. The van der Waals surface area contributed by atoms with Crippen LogP contribution in [0.1, 0.15) is 21.5 Å². The number of hydrogen-bond donors (Lipinski definition) is 1. The Hall–Kier alpha value is -4.08. The van der Waals surface area contributed by atoms with E-state index in [1.54, 1.807) is 67.6 Å². The third-order valence-corrected chi connectivity index (χ3v) is 4.85. The molecule has 1 N–H and O–H groups in total. The minimum atomic E-state index is -0.609. The molecule has 0 heterocycles. The van der Waals surface area contributed by atoms with E-state index in [1.807, 2.05) is 6.07 Å². The van der Waals surface area contributed by atoms with Gasteiger partial charge in [0, 0.05) is 0 Å². The van der Waals surface area contributed by atoms with Crippen LogP contribution >= 0.6 is 11.6 Å². The summed E-state index contributed by atoms with van der Waals surface area (Å²) in [6.45, 7) is 1.80. The van der Waals surface area contributed by atoms with E-state index in [4.69, 9.17) is 21.1 Å². The summed E-state index contributed by atoms with van der Waals surface area (Å²) in [5, 5.41) is 12.6. The highest BCUT2D eigenvalue weighted by Gasteiger charge is 2.15. The van der Waals surface area contributed by atoms with E-state index < -0.39 is 11.9 Å². The predicted molar refractivity (Wildman–Crippen MR) is 123 cm³/mol. The van der Waals surface area contributed by atoms with Gasteiger partial charge in [-0.25, -0.2) is 4.79 Å². The highest BCUT2D eigenvalue weighted by Crippen LogP contribution is 2.30. The molecule has 32 heavy (non-hydrogen) atoms. The topological polar surface area (TPSA) is 88.4 Å². The number of benzene rings is 3. The standard InChI is InChI=1S/C25H19ClN2O4/c1-16-7-6-10-20(26)23(16)28-24(29)19(15-27)13-17-11-12-21(31-2)22(14-17)32-25(30)18-8-4-3-5-9-18/h3-14H,1-2H3,(H,28,29)/b19-13+. The summed E-state index contributed by atoms with van der Waals surface area (Å²) in [5.74, 6) is -0.671. The van der Waals surface area contributed by atoms with E-state index in [9.17, 15) is 14.9 Å². The van der Waals surface area contributed by atoms with E-state index in [0.29, 0.717) is 27.6 Å². The lowest BCUT2D eigenvalue weighted by molar-refractivity contribution is -0.112. The van der Waals surface area contributed by atoms with Crippen LogP contribution in [0.2, 0.25) is 5.02 Å².